The maximum absolute atomic E-state index is 13.0. The van der Waals surface area contributed by atoms with Gasteiger partial charge in [-0.05, 0) is 12.1 Å². The Morgan fingerprint density at radius 2 is 1.63 bits per heavy atom. The number of hydrogen-bond acceptors (Lipinski definition) is 13. The van der Waals surface area contributed by atoms with Crippen LogP contribution < -0.4 is 30.2 Å². The van der Waals surface area contributed by atoms with Gasteiger partial charge in [0, 0.05) is 10.8 Å². The number of rotatable bonds is 4. The number of hydrogen-bond donors (Lipinski definition) is 4. The second kappa shape index (κ2) is 7.69. The van der Waals surface area contributed by atoms with Crippen LogP contribution in [0.4, 0.5) is 0 Å². The summed E-state index contributed by atoms with van der Waals surface area (Å²) in [6.07, 6.45) is -7.84. The normalized spacial score (nSPS) is 26.1. The van der Waals surface area contributed by atoms with E-state index in [1.165, 1.54) is 19.2 Å². The van der Waals surface area contributed by atoms with Gasteiger partial charge in [-0.15, -0.1) is 0 Å². The van der Waals surface area contributed by atoms with Crippen molar-refractivity contribution in [3.8, 4) is 23.0 Å². The average Bonchev–Trinajstić information content (AvgIpc) is 3.32. The number of methoxy groups -OCH3 is 1. The minimum atomic E-state index is -1.73. The van der Waals surface area contributed by atoms with Gasteiger partial charge in [0.25, 0.3) is 0 Å². The molecule has 0 radical (unpaired) electrons. The Kier molecular flexibility index (Phi) is 4.81. The Balaban J connectivity index is 1.59. The Labute approximate surface area is 193 Å². The second-order valence-electron chi connectivity index (χ2n) is 8.12. The molecule has 5 atom stereocenters. The molecule has 1 fully saturated rings. The smallest absolute Gasteiger partial charge is 0.344 e. The van der Waals surface area contributed by atoms with Crippen LogP contribution in [0.3, 0.4) is 0 Å². The van der Waals surface area contributed by atoms with Crippen LogP contribution in [-0.2, 0) is 4.74 Å². The van der Waals surface area contributed by atoms with Crippen molar-refractivity contribution in [3.63, 3.8) is 0 Å². The van der Waals surface area contributed by atoms with Gasteiger partial charge in [-0.2, -0.15) is 0 Å². The predicted octanol–water partition coefficient (Wildman–Crippen LogP) is -0.594. The third-order valence-corrected chi connectivity index (χ3v) is 6.20. The summed E-state index contributed by atoms with van der Waals surface area (Å²) in [5, 5.41) is 40.4. The molecule has 0 aliphatic carbocycles. The molecule has 0 saturated carbocycles. The first-order chi connectivity index (χ1) is 16.8. The summed E-state index contributed by atoms with van der Waals surface area (Å²) >= 11 is 0. The third-order valence-electron chi connectivity index (χ3n) is 6.20. The molecule has 13 nitrogen and oxygen atoms in total. The SMILES string of the molecule is COc1c(O[C@@H]2O[C@@H](CO)[C@H](O)[C@@H](O)[C@@H]2O)cc2c(=O)oc3c4c(cc5c(=O)oc1c2c35)OCO4. The predicted molar refractivity (Wildman–Crippen MR) is 114 cm³/mol. The Hall–Kier alpha value is -3.62. The van der Waals surface area contributed by atoms with E-state index in [4.69, 9.17) is 32.5 Å². The van der Waals surface area contributed by atoms with Crippen LogP contribution in [0.1, 0.15) is 0 Å². The fraction of sp³-hybridized carbons (Fsp3) is 0.364. The van der Waals surface area contributed by atoms with Crippen LogP contribution in [0.5, 0.6) is 23.0 Å². The van der Waals surface area contributed by atoms with Gasteiger partial charge in [-0.1, -0.05) is 0 Å². The van der Waals surface area contributed by atoms with Crippen molar-refractivity contribution in [2.24, 2.45) is 0 Å². The number of ether oxygens (including phenoxy) is 5. The highest BCUT2D eigenvalue weighted by Gasteiger charge is 2.45. The minimum Gasteiger partial charge on any atom is -0.490 e. The minimum absolute atomic E-state index is 0.00931. The van der Waals surface area contributed by atoms with E-state index >= 15 is 0 Å². The van der Waals surface area contributed by atoms with Gasteiger partial charge in [0.1, 0.15) is 24.4 Å². The van der Waals surface area contributed by atoms with Crippen molar-refractivity contribution in [2.45, 2.75) is 30.7 Å². The molecule has 2 aromatic carbocycles. The van der Waals surface area contributed by atoms with Crippen molar-refractivity contribution < 1.29 is 52.9 Å². The van der Waals surface area contributed by atoms with Gasteiger partial charge in [-0.3, -0.25) is 0 Å². The van der Waals surface area contributed by atoms with Crippen molar-refractivity contribution in [3.05, 3.63) is 33.0 Å². The first-order valence-electron chi connectivity index (χ1n) is 10.5. The van der Waals surface area contributed by atoms with Crippen LogP contribution in [0.15, 0.2) is 30.6 Å². The second-order valence-corrected chi connectivity index (χ2v) is 8.12. The lowest BCUT2D eigenvalue weighted by Crippen LogP contribution is -2.60. The fourth-order valence-corrected chi connectivity index (χ4v) is 4.51. The number of benzene rings is 2. The molecule has 2 aromatic heterocycles. The lowest BCUT2D eigenvalue weighted by atomic mass is 9.99. The zero-order chi connectivity index (χ0) is 24.6. The molecule has 4 aromatic rings. The number of fused-ring (bicyclic) bond motifs is 2. The van der Waals surface area contributed by atoms with Gasteiger partial charge in [-0.25, -0.2) is 9.59 Å². The van der Waals surface area contributed by atoms with Crippen LogP contribution >= 0.6 is 0 Å². The molecule has 0 unspecified atom stereocenters. The molecule has 2 aliphatic rings. The molecular formula is C22H18O13. The average molecular weight is 490 g/mol. The standard InChI is InChI=1S/C22H18O13/c1-29-16-9(32-22-15(26)14(25)13(24)10(4-23)33-22)3-7-11-12-6(20(27)34-18(11)16)2-8-17(31-5-30-8)19(12)35-21(7)28/h2-3,10,13-15,22-26H,4-5H2,1H3/t10-,13-,14+,15-,22+/m0/s1. The van der Waals surface area contributed by atoms with Gasteiger partial charge in [0.2, 0.25) is 24.6 Å². The highest BCUT2D eigenvalue weighted by Crippen LogP contribution is 2.47. The van der Waals surface area contributed by atoms with Gasteiger partial charge >= 0.3 is 11.3 Å². The zero-order valence-corrected chi connectivity index (χ0v) is 17.9. The molecule has 4 N–H and O–H groups in total. The third kappa shape index (κ3) is 3.00. The maximum Gasteiger partial charge on any atom is 0.344 e. The molecule has 1 saturated heterocycles. The highest BCUT2D eigenvalue weighted by molar-refractivity contribution is 6.22. The van der Waals surface area contributed by atoms with Gasteiger partial charge in [0.05, 0.1) is 24.5 Å². The van der Waals surface area contributed by atoms with E-state index in [9.17, 15) is 30.0 Å². The van der Waals surface area contributed by atoms with Crippen molar-refractivity contribution >= 4 is 32.7 Å². The van der Waals surface area contributed by atoms with E-state index in [2.05, 4.69) is 0 Å². The monoisotopic (exact) mass is 490 g/mol. The molecule has 0 spiro atoms. The van der Waals surface area contributed by atoms with Crippen LogP contribution in [0.25, 0.3) is 32.7 Å². The topological polar surface area (TPSA) is 187 Å². The lowest BCUT2D eigenvalue weighted by Gasteiger charge is -2.39. The summed E-state index contributed by atoms with van der Waals surface area (Å²) in [6.45, 7) is -0.788. The summed E-state index contributed by atoms with van der Waals surface area (Å²) in [5.74, 6) is 0.0925. The summed E-state index contributed by atoms with van der Waals surface area (Å²) in [7, 11) is 1.27. The van der Waals surface area contributed by atoms with Gasteiger partial charge < -0.3 is 52.9 Å². The number of aliphatic hydroxyl groups is 4. The molecule has 13 heteroatoms. The first kappa shape index (κ1) is 21.9. The summed E-state index contributed by atoms with van der Waals surface area (Å²) < 4.78 is 38.3. The molecule has 4 heterocycles. The van der Waals surface area contributed by atoms with Crippen LogP contribution in [0, 0.1) is 0 Å². The Morgan fingerprint density at radius 1 is 0.943 bits per heavy atom. The molecular weight excluding hydrogens is 472 g/mol. The lowest BCUT2D eigenvalue weighted by molar-refractivity contribution is -0.277. The maximum atomic E-state index is 13.0. The Bertz CT molecular complexity index is 1570. The van der Waals surface area contributed by atoms with Crippen LogP contribution in [0.2, 0.25) is 0 Å². The van der Waals surface area contributed by atoms with Crippen molar-refractivity contribution in [1.29, 1.82) is 0 Å². The largest absolute Gasteiger partial charge is 0.490 e. The number of aliphatic hydroxyl groups excluding tert-OH is 4. The van der Waals surface area contributed by atoms with Crippen molar-refractivity contribution in [1.82, 2.24) is 0 Å². The quantitative estimate of drug-likeness (QED) is 0.210. The zero-order valence-electron chi connectivity index (χ0n) is 17.9. The summed E-state index contributed by atoms with van der Waals surface area (Å²) in [5.41, 5.74) is -1.73. The molecule has 184 valence electrons. The van der Waals surface area contributed by atoms with E-state index in [1.807, 2.05) is 0 Å². The van der Waals surface area contributed by atoms with E-state index in [0.29, 0.717) is 0 Å². The van der Waals surface area contributed by atoms with E-state index < -0.39 is 48.6 Å². The first-order valence-corrected chi connectivity index (χ1v) is 10.5. The summed E-state index contributed by atoms with van der Waals surface area (Å²) in [6, 6.07) is 2.68. The molecule has 0 bridgehead atoms. The molecule has 6 rings (SSSR count). The summed E-state index contributed by atoms with van der Waals surface area (Å²) in [4.78, 5) is 25.9. The van der Waals surface area contributed by atoms with Gasteiger partial charge in [0.15, 0.2) is 22.7 Å². The molecule has 35 heavy (non-hydrogen) atoms. The highest BCUT2D eigenvalue weighted by atomic mass is 16.7. The van der Waals surface area contributed by atoms with E-state index in [-0.39, 0.29) is 62.5 Å². The fourth-order valence-electron chi connectivity index (χ4n) is 4.51. The Morgan fingerprint density at radius 3 is 2.34 bits per heavy atom. The van der Waals surface area contributed by atoms with E-state index in [1.54, 1.807) is 0 Å². The van der Waals surface area contributed by atoms with E-state index in [0.717, 1.165) is 0 Å². The molecule has 0 amide bonds. The van der Waals surface area contributed by atoms with Crippen LogP contribution in [-0.4, -0.2) is 71.6 Å². The van der Waals surface area contributed by atoms with Crippen molar-refractivity contribution in [2.75, 3.05) is 20.5 Å². The molecule has 2 aliphatic heterocycles.